The second-order valence-corrected chi connectivity index (χ2v) is 8.01. The van der Waals surface area contributed by atoms with Gasteiger partial charge in [-0.2, -0.15) is 0 Å². The Labute approximate surface area is 167 Å². The summed E-state index contributed by atoms with van der Waals surface area (Å²) in [6.45, 7) is 5.48. The molecule has 5 nitrogen and oxygen atoms in total. The number of hydrogen-bond acceptors (Lipinski definition) is 5. The van der Waals surface area contributed by atoms with Crippen molar-refractivity contribution in [1.29, 1.82) is 0 Å². The topological polar surface area (TPSA) is 58.4 Å². The third kappa shape index (κ3) is 3.80. The molecule has 4 rings (SSSR count). The van der Waals surface area contributed by atoms with Gasteiger partial charge in [0.2, 0.25) is 0 Å². The molecule has 0 atom stereocenters. The van der Waals surface area contributed by atoms with E-state index in [0.717, 1.165) is 37.4 Å². The summed E-state index contributed by atoms with van der Waals surface area (Å²) < 4.78 is 19.5. The van der Waals surface area contributed by atoms with Gasteiger partial charge in [0.05, 0.1) is 17.1 Å². The van der Waals surface area contributed by atoms with Crippen molar-refractivity contribution < 1.29 is 13.6 Å². The first-order valence-electron chi connectivity index (χ1n) is 9.41. The number of aryl methyl sites for hydroxylation is 2. The maximum Gasteiger partial charge on any atom is 0.267 e. The summed E-state index contributed by atoms with van der Waals surface area (Å²) in [5.74, 6) is 0.779. The van der Waals surface area contributed by atoms with E-state index >= 15 is 0 Å². The molecule has 146 valence electrons. The molecule has 1 amide bonds. The van der Waals surface area contributed by atoms with E-state index in [1.54, 1.807) is 13.0 Å². The van der Waals surface area contributed by atoms with E-state index in [1.807, 2.05) is 19.1 Å². The summed E-state index contributed by atoms with van der Waals surface area (Å²) in [6, 6.07) is 8.27. The minimum Gasteiger partial charge on any atom is -0.459 e. The van der Waals surface area contributed by atoms with Crippen LogP contribution in [0.2, 0.25) is 0 Å². The number of piperidine rings is 1. The number of amides is 1. The van der Waals surface area contributed by atoms with Crippen LogP contribution in [0.25, 0.3) is 10.8 Å². The number of aromatic nitrogens is 1. The highest BCUT2D eigenvalue weighted by Gasteiger charge is 2.21. The molecule has 0 aliphatic carbocycles. The Kier molecular flexibility index (Phi) is 5.17. The van der Waals surface area contributed by atoms with Gasteiger partial charge in [-0.15, -0.1) is 11.3 Å². The first-order valence-corrected chi connectivity index (χ1v) is 10.2. The van der Waals surface area contributed by atoms with Crippen LogP contribution in [-0.4, -0.2) is 24.0 Å². The molecule has 28 heavy (non-hydrogen) atoms. The predicted octanol–water partition coefficient (Wildman–Crippen LogP) is 5.40. The van der Waals surface area contributed by atoms with Crippen molar-refractivity contribution in [3.63, 3.8) is 0 Å². The molecule has 3 heterocycles. The molecule has 0 unspecified atom stereocenters. The Bertz CT molecular complexity index is 1010. The van der Waals surface area contributed by atoms with Gasteiger partial charge in [-0.05, 0) is 63.4 Å². The van der Waals surface area contributed by atoms with Crippen molar-refractivity contribution in [3.05, 3.63) is 52.5 Å². The van der Waals surface area contributed by atoms with Crippen molar-refractivity contribution in [2.45, 2.75) is 33.1 Å². The van der Waals surface area contributed by atoms with Crippen molar-refractivity contribution in [3.8, 4) is 10.8 Å². The largest absolute Gasteiger partial charge is 0.459 e. The molecule has 1 aromatic carbocycles. The maximum absolute atomic E-state index is 13.9. The zero-order valence-electron chi connectivity index (χ0n) is 15.9. The molecule has 1 saturated heterocycles. The molecular weight excluding hydrogens is 377 g/mol. The first-order chi connectivity index (χ1) is 13.5. The third-order valence-corrected chi connectivity index (χ3v) is 6.03. The van der Waals surface area contributed by atoms with Gasteiger partial charge >= 0.3 is 0 Å². The fourth-order valence-electron chi connectivity index (χ4n) is 3.46. The molecule has 3 aromatic rings. The van der Waals surface area contributed by atoms with Crippen LogP contribution >= 0.6 is 11.3 Å². The van der Waals surface area contributed by atoms with E-state index in [-0.39, 0.29) is 11.7 Å². The van der Waals surface area contributed by atoms with Gasteiger partial charge in [-0.1, -0.05) is 0 Å². The lowest BCUT2D eigenvalue weighted by Gasteiger charge is -2.30. The van der Waals surface area contributed by atoms with Gasteiger partial charge in [0.15, 0.2) is 10.8 Å². The molecule has 1 fully saturated rings. The highest BCUT2D eigenvalue weighted by Crippen LogP contribution is 2.32. The third-order valence-electron chi connectivity index (χ3n) is 4.86. The molecule has 1 N–H and O–H groups in total. The lowest BCUT2D eigenvalue weighted by Crippen LogP contribution is -2.30. The quantitative estimate of drug-likeness (QED) is 0.638. The monoisotopic (exact) mass is 399 g/mol. The molecule has 0 saturated carbocycles. The number of furan rings is 1. The van der Waals surface area contributed by atoms with E-state index in [9.17, 15) is 9.18 Å². The average molecular weight is 399 g/mol. The second kappa shape index (κ2) is 7.75. The number of hydrogen-bond donors (Lipinski definition) is 1. The highest BCUT2D eigenvalue weighted by atomic mass is 32.1. The average Bonchev–Trinajstić information content (AvgIpc) is 3.28. The lowest BCUT2D eigenvalue weighted by molar-refractivity contribution is 0.103. The normalized spacial score (nSPS) is 14.3. The molecular formula is C21H22FN3O2S. The number of benzene rings is 1. The number of rotatable bonds is 4. The molecule has 1 aliphatic heterocycles. The number of nitrogens with zero attached hydrogens (tertiary/aromatic N) is 2. The Morgan fingerprint density at radius 1 is 1.18 bits per heavy atom. The molecule has 1 aliphatic rings. The van der Waals surface area contributed by atoms with Crippen LogP contribution in [0.3, 0.4) is 0 Å². The van der Waals surface area contributed by atoms with Gasteiger partial charge in [0, 0.05) is 13.1 Å². The smallest absolute Gasteiger partial charge is 0.267 e. The lowest BCUT2D eigenvalue weighted by atomic mass is 10.1. The number of thiazole rings is 1. The number of anilines is 2. The van der Waals surface area contributed by atoms with Crippen molar-refractivity contribution in [1.82, 2.24) is 4.98 Å². The minimum atomic E-state index is -0.371. The van der Waals surface area contributed by atoms with Gasteiger partial charge in [0.25, 0.3) is 5.91 Å². The summed E-state index contributed by atoms with van der Waals surface area (Å²) in [6.07, 6.45) is 3.41. The van der Waals surface area contributed by atoms with Gasteiger partial charge in [0.1, 0.15) is 16.5 Å². The fourth-order valence-corrected chi connectivity index (χ4v) is 4.38. The number of carbonyl (C=O) groups excluding carboxylic acids is 1. The van der Waals surface area contributed by atoms with E-state index in [2.05, 4.69) is 15.2 Å². The van der Waals surface area contributed by atoms with Crippen LogP contribution in [0.5, 0.6) is 0 Å². The Hall–Kier alpha value is -2.67. The fraction of sp³-hybridized carbons (Fsp3) is 0.333. The first kappa shape index (κ1) is 18.7. The van der Waals surface area contributed by atoms with Crippen LogP contribution in [0.15, 0.2) is 34.7 Å². The zero-order chi connectivity index (χ0) is 19.7. The van der Waals surface area contributed by atoms with Gasteiger partial charge < -0.3 is 14.6 Å². The Morgan fingerprint density at radius 2 is 1.96 bits per heavy atom. The molecule has 2 aromatic heterocycles. The van der Waals surface area contributed by atoms with E-state index in [1.165, 1.54) is 29.9 Å². The van der Waals surface area contributed by atoms with E-state index in [0.29, 0.717) is 27.0 Å². The van der Waals surface area contributed by atoms with Gasteiger partial charge in [-0.3, -0.25) is 4.79 Å². The Morgan fingerprint density at radius 3 is 2.68 bits per heavy atom. The molecule has 7 heteroatoms. The zero-order valence-corrected chi connectivity index (χ0v) is 16.7. The molecule has 0 spiro atoms. The highest BCUT2D eigenvalue weighted by molar-refractivity contribution is 7.17. The number of carbonyl (C=O) groups is 1. The van der Waals surface area contributed by atoms with Gasteiger partial charge in [-0.25, -0.2) is 9.37 Å². The standard InChI is InChI=1S/C21H22FN3O2S/c1-13-6-9-18(27-13)21-23-14(2)19(28-21)20(26)24-16-12-15(22)7-8-17(16)25-10-4-3-5-11-25/h6-9,12H,3-5,10-11H2,1-2H3,(H,24,26). The van der Waals surface area contributed by atoms with E-state index < -0.39 is 0 Å². The second-order valence-electron chi connectivity index (χ2n) is 7.01. The summed E-state index contributed by atoms with van der Waals surface area (Å²) in [4.78, 5) is 20.1. The summed E-state index contributed by atoms with van der Waals surface area (Å²) >= 11 is 1.27. The summed E-state index contributed by atoms with van der Waals surface area (Å²) in [7, 11) is 0. The SMILES string of the molecule is Cc1ccc(-c2nc(C)c(C(=O)Nc3cc(F)ccc3N3CCCCC3)s2)o1. The van der Waals surface area contributed by atoms with Crippen LogP contribution in [0.1, 0.15) is 40.4 Å². The predicted molar refractivity (Wildman–Crippen MR) is 110 cm³/mol. The van der Waals surface area contributed by atoms with Crippen LogP contribution in [-0.2, 0) is 0 Å². The summed E-state index contributed by atoms with van der Waals surface area (Å²) in [5.41, 5.74) is 1.98. The number of halogens is 1. The van der Waals surface area contributed by atoms with Crippen LogP contribution in [0.4, 0.5) is 15.8 Å². The molecule has 0 bridgehead atoms. The van der Waals surface area contributed by atoms with Crippen molar-refractivity contribution in [2.75, 3.05) is 23.3 Å². The Balaban J connectivity index is 1.60. The summed E-state index contributed by atoms with van der Waals surface area (Å²) in [5, 5.41) is 3.55. The molecule has 0 radical (unpaired) electrons. The van der Waals surface area contributed by atoms with E-state index in [4.69, 9.17) is 4.42 Å². The maximum atomic E-state index is 13.9. The van der Waals surface area contributed by atoms with Crippen molar-refractivity contribution in [2.24, 2.45) is 0 Å². The number of nitrogens with one attached hydrogen (secondary N) is 1. The van der Waals surface area contributed by atoms with Crippen molar-refractivity contribution >= 4 is 28.6 Å². The van der Waals surface area contributed by atoms with Crippen LogP contribution in [0, 0.1) is 19.7 Å². The minimum absolute atomic E-state index is 0.284. The van der Waals surface area contributed by atoms with Crippen LogP contribution < -0.4 is 10.2 Å².